The SMILES string of the molecule is N#Cc1nn(-c2ccc(S(N)(=O)=O)cc2)c(-c2ccc(Cl)cc2)c1C#N. The van der Waals surface area contributed by atoms with Gasteiger partial charge < -0.3 is 0 Å². The molecular formula is C17H10ClN5O2S. The molecule has 9 heteroatoms. The topological polar surface area (TPSA) is 126 Å². The molecule has 2 aromatic carbocycles. The first-order chi connectivity index (χ1) is 12.3. The number of hydrogen-bond acceptors (Lipinski definition) is 5. The molecule has 26 heavy (non-hydrogen) atoms. The van der Waals surface area contributed by atoms with Crippen molar-refractivity contribution >= 4 is 21.6 Å². The zero-order valence-corrected chi connectivity index (χ0v) is 14.7. The molecule has 0 aliphatic carbocycles. The zero-order valence-electron chi connectivity index (χ0n) is 13.1. The molecule has 0 radical (unpaired) electrons. The Bertz CT molecular complexity index is 1170. The van der Waals surface area contributed by atoms with Crippen LogP contribution in [0.15, 0.2) is 53.4 Å². The maximum atomic E-state index is 11.4. The largest absolute Gasteiger partial charge is 0.238 e. The van der Waals surface area contributed by atoms with Crippen molar-refractivity contribution < 1.29 is 8.42 Å². The Hall–Kier alpha value is -3.17. The van der Waals surface area contributed by atoms with Crippen molar-refractivity contribution in [2.75, 3.05) is 0 Å². The molecule has 0 bridgehead atoms. The van der Waals surface area contributed by atoms with Gasteiger partial charge in [0, 0.05) is 10.6 Å². The number of primary sulfonamides is 1. The van der Waals surface area contributed by atoms with Crippen LogP contribution in [0.1, 0.15) is 11.3 Å². The summed E-state index contributed by atoms with van der Waals surface area (Å²) in [6, 6.07) is 16.3. The van der Waals surface area contributed by atoms with Gasteiger partial charge in [0.1, 0.15) is 17.7 Å². The lowest BCUT2D eigenvalue weighted by Gasteiger charge is -2.09. The number of aromatic nitrogens is 2. The number of rotatable bonds is 3. The number of nitrogens with two attached hydrogens (primary N) is 1. The summed E-state index contributed by atoms with van der Waals surface area (Å²) in [5.74, 6) is 0. The van der Waals surface area contributed by atoms with Crippen molar-refractivity contribution in [3.05, 3.63) is 64.8 Å². The lowest BCUT2D eigenvalue weighted by atomic mass is 10.1. The third kappa shape index (κ3) is 3.17. The minimum atomic E-state index is -3.83. The fraction of sp³-hybridized carbons (Fsp3) is 0. The van der Waals surface area contributed by atoms with Crippen molar-refractivity contribution in [2.45, 2.75) is 4.90 Å². The number of nitriles is 2. The van der Waals surface area contributed by atoms with Crippen LogP contribution in [0.4, 0.5) is 0 Å². The van der Waals surface area contributed by atoms with Gasteiger partial charge in [0.2, 0.25) is 10.0 Å². The molecule has 3 aromatic rings. The average molecular weight is 384 g/mol. The van der Waals surface area contributed by atoms with E-state index in [4.69, 9.17) is 16.7 Å². The Kier molecular flexibility index (Phi) is 4.49. The third-order valence-corrected chi connectivity index (χ3v) is 4.81. The number of sulfonamides is 1. The molecule has 0 atom stereocenters. The predicted molar refractivity (Wildman–Crippen MR) is 94.8 cm³/mol. The van der Waals surface area contributed by atoms with E-state index in [1.807, 2.05) is 12.1 Å². The summed E-state index contributed by atoms with van der Waals surface area (Å²) in [6.45, 7) is 0. The molecule has 0 fully saturated rings. The molecule has 0 saturated carbocycles. The lowest BCUT2D eigenvalue weighted by molar-refractivity contribution is 0.598. The molecule has 2 N–H and O–H groups in total. The van der Waals surface area contributed by atoms with E-state index in [0.717, 1.165) is 0 Å². The minimum Gasteiger partial charge on any atom is -0.230 e. The van der Waals surface area contributed by atoms with Gasteiger partial charge >= 0.3 is 0 Å². The Morgan fingerprint density at radius 2 is 1.62 bits per heavy atom. The summed E-state index contributed by atoms with van der Waals surface area (Å²) in [5.41, 5.74) is 1.60. The van der Waals surface area contributed by atoms with E-state index in [0.29, 0.717) is 22.0 Å². The number of nitrogens with zero attached hydrogens (tertiary/aromatic N) is 4. The lowest BCUT2D eigenvalue weighted by Crippen LogP contribution is -2.12. The second-order valence-corrected chi connectivity index (χ2v) is 7.25. The van der Waals surface area contributed by atoms with Gasteiger partial charge in [-0.1, -0.05) is 23.7 Å². The van der Waals surface area contributed by atoms with E-state index in [1.165, 1.54) is 28.9 Å². The van der Waals surface area contributed by atoms with E-state index < -0.39 is 10.0 Å². The third-order valence-electron chi connectivity index (χ3n) is 3.63. The summed E-state index contributed by atoms with van der Waals surface area (Å²) < 4.78 is 24.2. The van der Waals surface area contributed by atoms with Crippen LogP contribution in [0.3, 0.4) is 0 Å². The molecule has 0 spiro atoms. The van der Waals surface area contributed by atoms with Gasteiger partial charge in [-0.05, 0) is 36.4 Å². The van der Waals surface area contributed by atoms with Crippen LogP contribution in [0.5, 0.6) is 0 Å². The van der Waals surface area contributed by atoms with Gasteiger partial charge in [-0.25, -0.2) is 18.2 Å². The zero-order chi connectivity index (χ0) is 18.9. The molecule has 0 aliphatic rings. The molecule has 1 heterocycles. The first-order valence-electron chi connectivity index (χ1n) is 7.17. The van der Waals surface area contributed by atoms with Crippen LogP contribution in [0.2, 0.25) is 5.02 Å². The average Bonchev–Trinajstić information content (AvgIpc) is 3.00. The maximum Gasteiger partial charge on any atom is 0.238 e. The smallest absolute Gasteiger partial charge is 0.230 e. The Labute approximate surface area is 154 Å². The summed E-state index contributed by atoms with van der Waals surface area (Å²) in [5, 5.41) is 28.6. The van der Waals surface area contributed by atoms with Gasteiger partial charge in [0.25, 0.3) is 0 Å². The summed E-state index contributed by atoms with van der Waals surface area (Å²) in [4.78, 5) is -0.0533. The van der Waals surface area contributed by atoms with Crippen LogP contribution in [-0.2, 0) is 10.0 Å². The van der Waals surface area contributed by atoms with Crippen LogP contribution >= 0.6 is 11.6 Å². The van der Waals surface area contributed by atoms with E-state index in [-0.39, 0.29) is 16.2 Å². The molecule has 128 valence electrons. The molecule has 3 rings (SSSR count). The van der Waals surface area contributed by atoms with Crippen molar-refractivity contribution in [1.29, 1.82) is 10.5 Å². The molecule has 0 unspecified atom stereocenters. The Balaban J connectivity index is 2.25. The highest BCUT2D eigenvalue weighted by Crippen LogP contribution is 2.29. The van der Waals surface area contributed by atoms with Gasteiger partial charge in [-0.2, -0.15) is 15.6 Å². The monoisotopic (exact) mass is 383 g/mol. The number of halogens is 1. The van der Waals surface area contributed by atoms with Crippen molar-refractivity contribution in [2.24, 2.45) is 5.14 Å². The Morgan fingerprint density at radius 3 is 2.12 bits per heavy atom. The molecule has 0 saturated heterocycles. The van der Waals surface area contributed by atoms with E-state index >= 15 is 0 Å². The second kappa shape index (κ2) is 6.62. The highest BCUT2D eigenvalue weighted by molar-refractivity contribution is 7.89. The van der Waals surface area contributed by atoms with Crippen molar-refractivity contribution in [1.82, 2.24) is 9.78 Å². The van der Waals surface area contributed by atoms with E-state index in [9.17, 15) is 18.9 Å². The van der Waals surface area contributed by atoms with Crippen LogP contribution in [0.25, 0.3) is 16.9 Å². The van der Waals surface area contributed by atoms with Gasteiger partial charge in [-0.15, -0.1) is 0 Å². The van der Waals surface area contributed by atoms with Crippen molar-refractivity contribution in [3.63, 3.8) is 0 Å². The fourth-order valence-electron chi connectivity index (χ4n) is 2.44. The quantitative estimate of drug-likeness (QED) is 0.743. The second-order valence-electron chi connectivity index (χ2n) is 5.25. The minimum absolute atomic E-state index is 0.0343. The number of hydrogen-bond donors (Lipinski definition) is 1. The van der Waals surface area contributed by atoms with E-state index in [2.05, 4.69) is 5.10 Å². The molecule has 0 aliphatic heterocycles. The summed E-state index contributed by atoms with van der Waals surface area (Å²) >= 11 is 5.91. The van der Waals surface area contributed by atoms with Crippen LogP contribution in [-0.4, -0.2) is 18.2 Å². The first kappa shape index (κ1) is 17.6. The van der Waals surface area contributed by atoms with Gasteiger partial charge in [-0.3, -0.25) is 0 Å². The number of benzene rings is 2. The highest BCUT2D eigenvalue weighted by atomic mass is 35.5. The highest BCUT2D eigenvalue weighted by Gasteiger charge is 2.20. The Morgan fingerprint density at radius 1 is 1.00 bits per heavy atom. The van der Waals surface area contributed by atoms with Crippen LogP contribution < -0.4 is 5.14 Å². The molecule has 7 nitrogen and oxygen atoms in total. The fourth-order valence-corrected chi connectivity index (χ4v) is 3.08. The summed E-state index contributed by atoms with van der Waals surface area (Å²) in [7, 11) is -3.83. The van der Waals surface area contributed by atoms with Gasteiger partial charge in [0.15, 0.2) is 5.69 Å². The predicted octanol–water partition coefficient (Wildman–Crippen LogP) is 2.58. The summed E-state index contributed by atoms with van der Waals surface area (Å²) in [6.07, 6.45) is 0. The van der Waals surface area contributed by atoms with Gasteiger partial charge in [0.05, 0.1) is 16.3 Å². The maximum absolute atomic E-state index is 11.4. The standard InChI is InChI=1S/C17H10ClN5O2S/c18-12-3-1-11(2-4-12)17-15(9-19)16(10-20)22-23(17)13-5-7-14(8-6-13)26(21,24)25/h1-8H,(H2,21,24,25). The molecule has 1 aromatic heterocycles. The molecular weight excluding hydrogens is 374 g/mol. The van der Waals surface area contributed by atoms with Crippen LogP contribution in [0, 0.1) is 22.7 Å². The molecule has 0 amide bonds. The first-order valence-corrected chi connectivity index (χ1v) is 9.10. The van der Waals surface area contributed by atoms with Crippen molar-refractivity contribution in [3.8, 4) is 29.1 Å². The van der Waals surface area contributed by atoms with E-state index in [1.54, 1.807) is 24.3 Å². The normalized spacial score (nSPS) is 10.9.